The number of amides is 1. The summed E-state index contributed by atoms with van der Waals surface area (Å²) in [6.45, 7) is 0.471. The molecule has 1 amide bonds. The van der Waals surface area contributed by atoms with Gasteiger partial charge >= 0.3 is 0 Å². The number of benzene rings is 1. The number of carbonyl (C=O) groups is 1. The Morgan fingerprint density at radius 3 is 2.81 bits per heavy atom. The average molecular weight is 310 g/mol. The van der Waals surface area contributed by atoms with Crippen LogP contribution < -0.4 is 14.8 Å². The standard InChI is InChI=1S/C14H16ClN3O3/c1-20-11-8-9(7-10(15)13(11)21-2)14(19)18-4-3-12-16-5-6-17-12/h5-8H,3-4H2,1-2H3,(H,16,17)(H,18,19). The van der Waals surface area contributed by atoms with E-state index in [0.717, 1.165) is 5.82 Å². The molecule has 0 saturated heterocycles. The lowest BCUT2D eigenvalue weighted by Crippen LogP contribution is -2.26. The van der Waals surface area contributed by atoms with E-state index in [2.05, 4.69) is 15.3 Å². The van der Waals surface area contributed by atoms with Crippen molar-refractivity contribution in [2.24, 2.45) is 0 Å². The Morgan fingerprint density at radius 1 is 1.38 bits per heavy atom. The van der Waals surface area contributed by atoms with Crippen molar-refractivity contribution >= 4 is 17.5 Å². The van der Waals surface area contributed by atoms with Crippen LogP contribution in [0.1, 0.15) is 16.2 Å². The smallest absolute Gasteiger partial charge is 0.251 e. The van der Waals surface area contributed by atoms with Crippen LogP contribution in [0.5, 0.6) is 11.5 Å². The Labute approximate surface area is 127 Å². The Bertz CT molecular complexity index is 614. The number of aromatic nitrogens is 2. The van der Waals surface area contributed by atoms with E-state index >= 15 is 0 Å². The quantitative estimate of drug-likeness (QED) is 0.856. The Morgan fingerprint density at radius 2 is 2.19 bits per heavy atom. The molecule has 0 bridgehead atoms. The molecule has 0 atom stereocenters. The van der Waals surface area contributed by atoms with Crippen molar-refractivity contribution < 1.29 is 14.3 Å². The normalized spacial score (nSPS) is 10.2. The third-order valence-electron chi connectivity index (χ3n) is 2.90. The number of nitrogens with zero attached hydrogens (tertiary/aromatic N) is 1. The minimum atomic E-state index is -0.232. The Kier molecular flexibility index (Phi) is 5.05. The molecule has 2 N–H and O–H groups in total. The van der Waals surface area contributed by atoms with Crippen molar-refractivity contribution in [1.29, 1.82) is 0 Å². The summed E-state index contributed by atoms with van der Waals surface area (Å²) in [6.07, 6.45) is 4.04. The van der Waals surface area contributed by atoms with Crippen LogP contribution in [0.4, 0.5) is 0 Å². The van der Waals surface area contributed by atoms with E-state index in [1.165, 1.54) is 14.2 Å². The summed E-state index contributed by atoms with van der Waals surface area (Å²) in [5.74, 6) is 1.41. The van der Waals surface area contributed by atoms with E-state index in [0.29, 0.717) is 35.1 Å². The molecule has 0 unspecified atom stereocenters. The highest BCUT2D eigenvalue weighted by Gasteiger charge is 2.15. The molecule has 0 spiro atoms. The third-order valence-corrected chi connectivity index (χ3v) is 3.18. The van der Waals surface area contributed by atoms with Gasteiger partial charge in [0.05, 0.1) is 19.2 Å². The van der Waals surface area contributed by atoms with Crippen molar-refractivity contribution in [3.63, 3.8) is 0 Å². The van der Waals surface area contributed by atoms with Crippen LogP contribution in [-0.2, 0) is 6.42 Å². The highest BCUT2D eigenvalue weighted by Crippen LogP contribution is 2.35. The van der Waals surface area contributed by atoms with E-state index in [1.54, 1.807) is 24.5 Å². The lowest BCUT2D eigenvalue weighted by atomic mass is 10.2. The molecule has 1 aromatic carbocycles. The van der Waals surface area contributed by atoms with E-state index in [4.69, 9.17) is 21.1 Å². The number of imidazole rings is 1. The number of hydrogen-bond donors (Lipinski definition) is 2. The van der Waals surface area contributed by atoms with Crippen LogP contribution in [0.3, 0.4) is 0 Å². The SMILES string of the molecule is COc1cc(C(=O)NCCc2ncc[nH]2)cc(Cl)c1OC. The van der Waals surface area contributed by atoms with Gasteiger partial charge in [-0.05, 0) is 12.1 Å². The van der Waals surface area contributed by atoms with Gasteiger partial charge in [-0.3, -0.25) is 4.79 Å². The molecule has 0 aliphatic heterocycles. The molecule has 7 heteroatoms. The molecule has 6 nitrogen and oxygen atoms in total. The summed E-state index contributed by atoms with van der Waals surface area (Å²) < 4.78 is 10.3. The van der Waals surface area contributed by atoms with Gasteiger partial charge in [0.25, 0.3) is 5.91 Å². The van der Waals surface area contributed by atoms with Gasteiger partial charge < -0.3 is 19.8 Å². The number of aromatic amines is 1. The second kappa shape index (κ2) is 6.99. The summed E-state index contributed by atoms with van der Waals surface area (Å²) in [5, 5.41) is 3.13. The van der Waals surface area contributed by atoms with Gasteiger partial charge in [-0.25, -0.2) is 4.98 Å². The number of H-pyrrole nitrogens is 1. The van der Waals surface area contributed by atoms with E-state index in [9.17, 15) is 4.79 Å². The van der Waals surface area contributed by atoms with Crippen LogP contribution in [0.25, 0.3) is 0 Å². The van der Waals surface area contributed by atoms with Gasteiger partial charge in [0.15, 0.2) is 11.5 Å². The van der Waals surface area contributed by atoms with Crippen LogP contribution in [0.15, 0.2) is 24.5 Å². The van der Waals surface area contributed by atoms with Crippen molar-refractivity contribution in [1.82, 2.24) is 15.3 Å². The number of halogens is 1. The molecule has 0 aliphatic carbocycles. The first-order valence-corrected chi connectivity index (χ1v) is 6.71. The zero-order chi connectivity index (χ0) is 15.2. The van der Waals surface area contributed by atoms with Crippen LogP contribution >= 0.6 is 11.6 Å². The number of hydrogen-bond acceptors (Lipinski definition) is 4. The second-order valence-corrected chi connectivity index (χ2v) is 4.64. The summed E-state index contributed by atoms with van der Waals surface area (Å²) in [7, 11) is 2.99. The Hall–Kier alpha value is -2.21. The lowest BCUT2D eigenvalue weighted by Gasteiger charge is -2.11. The highest BCUT2D eigenvalue weighted by molar-refractivity contribution is 6.32. The zero-order valence-corrected chi connectivity index (χ0v) is 12.5. The van der Waals surface area contributed by atoms with E-state index in [1.807, 2.05) is 0 Å². The molecule has 0 fully saturated rings. The summed E-state index contributed by atoms with van der Waals surface area (Å²) in [5.41, 5.74) is 0.414. The molecule has 112 valence electrons. The summed E-state index contributed by atoms with van der Waals surface area (Å²) in [4.78, 5) is 19.2. The average Bonchev–Trinajstić information content (AvgIpc) is 2.99. The number of rotatable bonds is 6. The maximum absolute atomic E-state index is 12.1. The minimum Gasteiger partial charge on any atom is -0.493 e. The largest absolute Gasteiger partial charge is 0.493 e. The van der Waals surface area contributed by atoms with Crippen molar-refractivity contribution in [2.45, 2.75) is 6.42 Å². The molecular weight excluding hydrogens is 294 g/mol. The first-order valence-electron chi connectivity index (χ1n) is 6.33. The fourth-order valence-electron chi connectivity index (χ4n) is 1.88. The Balaban J connectivity index is 2.03. The number of carbonyl (C=O) groups excluding carboxylic acids is 1. The molecular formula is C14H16ClN3O3. The minimum absolute atomic E-state index is 0.232. The van der Waals surface area contributed by atoms with Gasteiger partial charge in [-0.2, -0.15) is 0 Å². The predicted octanol–water partition coefficient (Wildman–Crippen LogP) is 2.05. The summed E-state index contributed by atoms with van der Waals surface area (Å²) >= 11 is 6.07. The van der Waals surface area contributed by atoms with Gasteiger partial charge in [0, 0.05) is 30.9 Å². The van der Waals surface area contributed by atoms with Crippen LogP contribution in [-0.4, -0.2) is 36.6 Å². The van der Waals surface area contributed by atoms with Gasteiger partial charge in [0.2, 0.25) is 0 Å². The third kappa shape index (κ3) is 3.66. The highest BCUT2D eigenvalue weighted by atomic mass is 35.5. The van der Waals surface area contributed by atoms with E-state index < -0.39 is 0 Å². The van der Waals surface area contributed by atoms with Crippen molar-refractivity contribution in [2.75, 3.05) is 20.8 Å². The molecule has 2 rings (SSSR count). The van der Waals surface area contributed by atoms with Gasteiger partial charge in [0.1, 0.15) is 5.82 Å². The molecule has 1 aromatic heterocycles. The number of methoxy groups -OCH3 is 2. The molecule has 0 aliphatic rings. The molecule has 0 radical (unpaired) electrons. The summed E-state index contributed by atoms with van der Waals surface area (Å²) in [6, 6.07) is 3.14. The molecule has 0 saturated carbocycles. The number of ether oxygens (including phenoxy) is 2. The van der Waals surface area contributed by atoms with E-state index in [-0.39, 0.29) is 5.91 Å². The molecule has 2 aromatic rings. The van der Waals surface area contributed by atoms with Crippen LogP contribution in [0.2, 0.25) is 5.02 Å². The monoisotopic (exact) mass is 309 g/mol. The topological polar surface area (TPSA) is 76.2 Å². The zero-order valence-electron chi connectivity index (χ0n) is 11.8. The van der Waals surface area contributed by atoms with Gasteiger partial charge in [-0.1, -0.05) is 11.6 Å². The van der Waals surface area contributed by atoms with Crippen LogP contribution in [0, 0.1) is 0 Å². The van der Waals surface area contributed by atoms with Gasteiger partial charge in [-0.15, -0.1) is 0 Å². The first-order chi connectivity index (χ1) is 10.2. The first kappa shape index (κ1) is 15.2. The molecule has 1 heterocycles. The van der Waals surface area contributed by atoms with Crippen molar-refractivity contribution in [3.8, 4) is 11.5 Å². The fraction of sp³-hybridized carbons (Fsp3) is 0.286. The van der Waals surface area contributed by atoms with Crippen molar-refractivity contribution in [3.05, 3.63) is 40.9 Å². The molecule has 21 heavy (non-hydrogen) atoms. The predicted molar refractivity (Wildman–Crippen MR) is 79.2 cm³/mol. The fourth-order valence-corrected chi connectivity index (χ4v) is 2.17. The second-order valence-electron chi connectivity index (χ2n) is 4.24. The maximum atomic E-state index is 12.1. The lowest BCUT2D eigenvalue weighted by molar-refractivity contribution is 0.0953. The maximum Gasteiger partial charge on any atom is 0.251 e. The number of nitrogens with one attached hydrogen (secondary N) is 2.